The lowest BCUT2D eigenvalue weighted by Gasteiger charge is -2.07. The fourth-order valence-corrected chi connectivity index (χ4v) is 2.30. The highest BCUT2D eigenvalue weighted by Gasteiger charge is 2.14. The first-order chi connectivity index (χ1) is 9.86. The van der Waals surface area contributed by atoms with Crippen LogP contribution < -0.4 is 0 Å². The van der Waals surface area contributed by atoms with Gasteiger partial charge in [-0.15, -0.1) is 0 Å². The van der Waals surface area contributed by atoms with Crippen molar-refractivity contribution in [3.8, 4) is 0 Å². The molecule has 2 aromatic rings. The number of carbonyl (C=O) groups is 1. The van der Waals surface area contributed by atoms with Gasteiger partial charge in [0.25, 0.3) is 5.69 Å². The normalized spacial score (nSPS) is 10.4. The maximum Gasteiger partial charge on any atom is 0.270 e. The molecule has 0 saturated carbocycles. The van der Waals surface area contributed by atoms with Gasteiger partial charge in [-0.1, -0.05) is 23.8 Å². The van der Waals surface area contributed by atoms with Crippen LogP contribution >= 0.6 is 0 Å². The van der Waals surface area contributed by atoms with E-state index in [9.17, 15) is 14.9 Å². The van der Waals surface area contributed by atoms with Crippen LogP contribution in [0.4, 0.5) is 5.69 Å². The van der Waals surface area contributed by atoms with E-state index in [1.165, 1.54) is 12.1 Å². The zero-order valence-electron chi connectivity index (χ0n) is 12.3. The van der Waals surface area contributed by atoms with Gasteiger partial charge in [0.15, 0.2) is 5.78 Å². The molecule has 0 unspecified atom stereocenters. The van der Waals surface area contributed by atoms with Crippen molar-refractivity contribution in [2.45, 2.75) is 27.2 Å². The van der Waals surface area contributed by atoms with Crippen molar-refractivity contribution in [1.82, 2.24) is 0 Å². The molecule has 0 atom stereocenters. The molecule has 0 fully saturated rings. The third-order valence-corrected chi connectivity index (χ3v) is 3.45. The Morgan fingerprint density at radius 3 is 2.43 bits per heavy atom. The number of non-ortho nitro benzene ring substituents is 1. The Balaban J connectivity index is 2.32. The topological polar surface area (TPSA) is 60.2 Å². The molecule has 0 bridgehead atoms. The zero-order valence-corrected chi connectivity index (χ0v) is 12.3. The molecule has 0 aromatic heterocycles. The molecule has 0 saturated heterocycles. The highest BCUT2D eigenvalue weighted by molar-refractivity contribution is 5.98. The molecule has 0 aliphatic carbocycles. The van der Waals surface area contributed by atoms with Crippen molar-refractivity contribution in [2.24, 2.45) is 0 Å². The van der Waals surface area contributed by atoms with E-state index in [0.717, 1.165) is 16.7 Å². The second kappa shape index (κ2) is 5.87. The molecule has 0 radical (unpaired) electrons. The molecule has 0 heterocycles. The summed E-state index contributed by atoms with van der Waals surface area (Å²) in [6.45, 7) is 5.69. The Hall–Kier alpha value is -2.49. The number of nitrogens with zero attached hydrogens (tertiary/aromatic N) is 1. The minimum atomic E-state index is -0.471. The Bertz CT molecular complexity index is 720. The van der Waals surface area contributed by atoms with Gasteiger partial charge in [0, 0.05) is 24.1 Å². The average molecular weight is 283 g/mol. The summed E-state index contributed by atoms with van der Waals surface area (Å²) in [5.74, 6) is -0.101. The van der Waals surface area contributed by atoms with Gasteiger partial charge in [-0.2, -0.15) is 0 Å². The first-order valence-corrected chi connectivity index (χ1v) is 6.72. The number of Topliss-reactive ketones (excluding diaryl/α,β-unsaturated/α-hetero) is 1. The van der Waals surface area contributed by atoms with Gasteiger partial charge >= 0.3 is 0 Å². The number of nitro benzene ring substituents is 1. The second-order valence-electron chi connectivity index (χ2n) is 5.34. The van der Waals surface area contributed by atoms with Crippen LogP contribution in [0.1, 0.15) is 32.6 Å². The van der Waals surface area contributed by atoms with E-state index in [1.807, 2.05) is 32.0 Å². The zero-order chi connectivity index (χ0) is 15.6. The summed E-state index contributed by atoms with van der Waals surface area (Å²) in [6, 6.07) is 10.5. The van der Waals surface area contributed by atoms with E-state index in [1.54, 1.807) is 13.0 Å². The smallest absolute Gasteiger partial charge is 0.270 e. The first kappa shape index (κ1) is 14.9. The van der Waals surface area contributed by atoms with Gasteiger partial charge in [-0.25, -0.2) is 0 Å². The van der Waals surface area contributed by atoms with Crippen molar-refractivity contribution < 1.29 is 9.72 Å². The largest absolute Gasteiger partial charge is 0.294 e. The fourth-order valence-electron chi connectivity index (χ4n) is 2.30. The van der Waals surface area contributed by atoms with Crippen LogP contribution in [0.15, 0.2) is 36.4 Å². The monoisotopic (exact) mass is 283 g/mol. The van der Waals surface area contributed by atoms with E-state index < -0.39 is 4.92 Å². The Kier molecular flexibility index (Phi) is 4.17. The van der Waals surface area contributed by atoms with Crippen LogP contribution in [0, 0.1) is 30.9 Å². The van der Waals surface area contributed by atoms with Gasteiger partial charge < -0.3 is 0 Å². The lowest BCUT2D eigenvalue weighted by molar-refractivity contribution is -0.384. The fraction of sp³-hybridized carbons (Fsp3) is 0.235. The number of hydrogen-bond donors (Lipinski definition) is 0. The van der Waals surface area contributed by atoms with Gasteiger partial charge in [-0.3, -0.25) is 14.9 Å². The predicted octanol–water partition coefficient (Wildman–Crippen LogP) is 3.95. The van der Waals surface area contributed by atoms with Crippen molar-refractivity contribution in [1.29, 1.82) is 0 Å². The Morgan fingerprint density at radius 1 is 1.05 bits per heavy atom. The highest BCUT2D eigenvalue weighted by Crippen LogP contribution is 2.19. The van der Waals surface area contributed by atoms with E-state index in [-0.39, 0.29) is 17.9 Å². The maximum atomic E-state index is 12.4. The van der Waals surface area contributed by atoms with E-state index >= 15 is 0 Å². The van der Waals surface area contributed by atoms with Crippen molar-refractivity contribution in [3.05, 3.63) is 74.3 Å². The van der Waals surface area contributed by atoms with Crippen LogP contribution in [0.25, 0.3) is 0 Å². The summed E-state index contributed by atoms with van der Waals surface area (Å²) < 4.78 is 0. The van der Waals surface area contributed by atoms with Crippen molar-refractivity contribution >= 4 is 11.5 Å². The number of carbonyl (C=O) groups excluding carboxylic acids is 1. The summed E-state index contributed by atoms with van der Waals surface area (Å²) in [4.78, 5) is 22.8. The molecular weight excluding hydrogens is 266 g/mol. The van der Waals surface area contributed by atoms with Crippen molar-refractivity contribution in [3.63, 3.8) is 0 Å². The third-order valence-electron chi connectivity index (χ3n) is 3.45. The number of aryl methyl sites for hydroxylation is 3. The summed E-state index contributed by atoms with van der Waals surface area (Å²) in [5.41, 5.74) is 4.18. The lowest BCUT2D eigenvalue weighted by Crippen LogP contribution is -2.06. The minimum Gasteiger partial charge on any atom is -0.294 e. The predicted molar refractivity (Wildman–Crippen MR) is 81.8 cm³/mol. The van der Waals surface area contributed by atoms with E-state index in [0.29, 0.717) is 11.1 Å². The highest BCUT2D eigenvalue weighted by atomic mass is 16.6. The summed E-state index contributed by atoms with van der Waals surface area (Å²) in [7, 11) is 0. The molecule has 21 heavy (non-hydrogen) atoms. The Labute approximate surface area is 123 Å². The molecule has 0 aliphatic heterocycles. The van der Waals surface area contributed by atoms with Crippen LogP contribution in [0.5, 0.6) is 0 Å². The quantitative estimate of drug-likeness (QED) is 0.485. The molecule has 0 spiro atoms. The summed E-state index contributed by atoms with van der Waals surface area (Å²) in [6.07, 6.45) is 0.258. The molecule has 0 amide bonds. The van der Waals surface area contributed by atoms with Gasteiger partial charge in [-0.05, 0) is 43.5 Å². The van der Waals surface area contributed by atoms with E-state index in [2.05, 4.69) is 0 Å². The lowest BCUT2D eigenvalue weighted by atomic mass is 9.97. The minimum absolute atomic E-state index is 0.0423. The number of hydrogen-bond acceptors (Lipinski definition) is 3. The number of ketones is 1. The van der Waals surface area contributed by atoms with Gasteiger partial charge in [0.05, 0.1) is 4.92 Å². The number of nitro groups is 1. The third kappa shape index (κ3) is 3.54. The second-order valence-corrected chi connectivity index (χ2v) is 5.34. The molecule has 108 valence electrons. The van der Waals surface area contributed by atoms with Gasteiger partial charge in [0.2, 0.25) is 0 Å². The molecule has 2 rings (SSSR count). The first-order valence-electron chi connectivity index (χ1n) is 6.72. The molecule has 2 aromatic carbocycles. The van der Waals surface area contributed by atoms with Crippen LogP contribution in [-0.2, 0) is 6.42 Å². The number of rotatable bonds is 4. The summed E-state index contributed by atoms with van der Waals surface area (Å²) in [5, 5.41) is 10.9. The van der Waals surface area contributed by atoms with Crippen molar-refractivity contribution in [2.75, 3.05) is 0 Å². The number of benzene rings is 2. The Morgan fingerprint density at radius 2 is 1.76 bits per heavy atom. The van der Waals surface area contributed by atoms with Crippen LogP contribution in [0.2, 0.25) is 0 Å². The molecule has 0 N–H and O–H groups in total. The standard InChI is InChI=1S/C17H17NO3/c1-11-4-5-13(3)14(6-11)10-17(19)15-7-12(2)8-16(9-15)18(20)21/h4-9H,10H2,1-3H3. The molecule has 4 nitrogen and oxygen atoms in total. The van der Waals surface area contributed by atoms with Crippen LogP contribution in [0.3, 0.4) is 0 Å². The molecule has 4 heteroatoms. The van der Waals surface area contributed by atoms with Crippen LogP contribution in [-0.4, -0.2) is 10.7 Å². The molecular formula is C17H17NO3. The maximum absolute atomic E-state index is 12.4. The summed E-state index contributed by atoms with van der Waals surface area (Å²) >= 11 is 0. The average Bonchev–Trinajstić information content (AvgIpc) is 2.42. The van der Waals surface area contributed by atoms with Gasteiger partial charge in [0.1, 0.15) is 0 Å². The van der Waals surface area contributed by atoms with E-state index in [4.69, 9.17) is 0 Å². The molecule has 0 aliphatic rings. The SMILES string of the molecule is Cc1cc(C(=O)Cc2cc(C)ccc2C)cc([N+](=O)[O-])c1.